The van der Waals surface area contributed by atoms with Crippen LogP contribution in [-0.4, -0.2) is 15.0 Å². The van der Waals surface area contributed by atoms with Crippen LogP contribution >= 0.6 is 34.0 Å². The maximum Gasteiger partial charge on any atom is 0.205 e. The minimum Gasteiger partial charge on any atom is -0.337 e. The Balaban J connectivity index is 0.000000150. The Kier molecular flexibility index (Phi) is 5.70. The number of hydrogen-bond acceptors (Lipinski definition) is 9. The molecule has 162 valence electrons. The molecule has 0 radical (unpaired) electrons. The fraction of sp³-hybridized carbons (Fsp3) is 0. The van der Waals surface area contributed by atoms with Crippen LogP contribution in [-0.2, 0) is 0 Å². The number of nitrogens with one attached hydrogen (secondary N) is 1. The van der Waals surface area contributed by atoms with Crippen molar-refractivity contribution in [3.8, 4) is 23.7 Å². The second-order valence-corrected chi connectivity index (χ2v) is 9.68. The van der Waals surface area contributed by atoms with Crippen LogP contribution in [0.25, 0.3) is 33.3 Å². The third-order valence-electron chi connectivity index (χ3n) is 4.92. The van der Waals surface area contributed by atoms with Crippen molar-refractivity contribution >= 4 is 55.8 Å². The number of hydrogen-bond donors (Lipinski definition) is 1. The Labute approximate surface area is 203 Å². The molecule has 0 fully saturated rings. The molecule has 0 atom stereocenters. The van der Waals surface area contributed by atoms with Crippen molar-refractivity contribution in [2.75, 3.05) is 0 Å². The predicted octanol–water partition coefficient (Wildman–Crippen LogP) is 4.84. The first-order valence-electron chi connectivity index (χ1n) is 9.77. The first kappa shape index (κ1) is 21.6. The van der Waals surface area contributed by atoms with E-state index in [0.29, 0.717) is 10.8 Å². The van der Waals surface area contributed by atoms with E-state index in [1.165, 1.54) is 0 Å². The Morgan fingerprint density at radius 3 is 1.94 bits per heavy atom. The summed E-state index contributed by atoms with van der Waals surface area (Å²) in [5.74, 6) is 0.840. The molecule has 1 N–H and O–H groups in total. The number of nitrogens with zero attached hydrogens (tertiary/aromatic N) is 4. The average molecular weight is 498 g/mol. The minimum atomic E-state index is -0.266. The van der Waals surface area contributed by atoms with Crippen LogP contribution in [0, 0.1) is 31.7 Å². The Hall–Kier alpha value is -4.22. The van der Waals surface area contributed by atoms with Gasteiger partial charge in [-0.15, -0.1) is 34.0 Å². The van der Waals surface area contributed by atoms with E-state index in [9.17, 15) is 9.59 Å². The standard InChI is InChI=1S/C14H4N2O2S2.C10H7N3S/c15-5-9-10(6-16)20-14-12(18)8-4-2-1-3-7(8)11(17)13(14)19-9;1-2-4-8-7(3-1)12-10(13-8)9-5-14-6-11-9/h1-4H;1-6H,(H,12,13). The van der Waals surface area contributed by atoms with Gasteiger partial charge in [0.05, 0.1) is 25.6 Å². The highest BCUT2D eigenvalue weighted by Gasteiger charge is 2.12. The van der Waals surface area contributed by atoms with E-state index in [-0.39, 0.29) is 29.7 Å². The Bertz CT molecular complexity index is 1820. The van der Waals surface area contributed by atoms with E-state index in [1.54, 1.807) is 35.6 Å². The molecule has 0 amide bonds. The third kappa shape index (κ3) is 3.76. The highest BCUT2D eigenvalue weighted by Crippen LogP contribution is 2.21. The molecule has 0 saturated heterocycles. The zero-order chi connectivity index (χ0) is 23.7. The molecule has 1 aliphatic heterocycles. The third-order valence-corrected chi connectivity index (χ3v) is 7.95. The first-order valence-corrected chi connectivity index (χ1v) is 12.3. The van der Waals surface area contributed by atoms with Crippen LogP contribution in [0.3, 0.4) is 0 Å². The Morgan fingerprint density at radius 1 is 0.824 bits per heavy atom. The van der Waals surface area contributed by atoms with Crippen molar-refractivity contribution in [3.63, 3.8) is 0 Å². The first-order chi connectivity index (χ1) is 16.6. The molecule has 6 rings (SSSR count). The lowest BCUT2D eigenvalue weighted by atomic mass is 10.1. The molecule has 7 nitrogen and oxygen atoms in total. The number of aromatic nitrogens is 3. The highest BCUT2D eigenvalue weighted by molar-refractivity contribution is 7.18. The van der Waals surface area contributed by atoms with Gasteiger partial charge >= 0.3 is 0 Å². The smallest absolute Gasteiger partial charge is 0.205 e. The molecule has 10 heteroatoms. The van der Waals surface area contributed by atoms with Crippen LogP contribution in [0.2, 0.25) is 0 Å². The number of thiazole rings is 1. The molecule has 2 aliphatic rings. The summed E-state index contributed by atoms with van der Waals surface area (Å²) in [6.45, 7) is 0. The fourth-order valence-electron chi connectivity index (χ4n) is 3.36. The van der Waals surface area contributed by atoms with E-state index in [2.05, 4.69) is 15.0 Å². The molecule has 2 aromatic carbocycles. The summed E-state index contributed by atoms with van der Waals surface area (Å²) in [6.07, 6.45) is 0. The van der Waals surface area contributed by atoms with E-state index in [1.807, 2.05) is 47.3 Å². The Morgan fingerprint density at radius 2 is 1.41 bits per heavy atom. The summed E-state index contributed by atoms with van der Waals surface area (Å²) in [6, 6.07) is 18.3. The lowest BCUT2D eigenvalue weighted by Crippen LogP contribution is -2.13. The quantitative estimate of drug-likeness (QED) is 0.347. The van der Waals surface area contributed by atoms with Crippen molar-refractivity contribution < 1.29 is 0 Å². The summed E-state index contributed by atoms with van der Waals surface area (Å²) in [4.78, 5) is 37.0. The van der Waals surface area contributed by atoms with Gasteiger partial charge < -0.3 is 4.98 Å². The maximum atomic E-state index is 12.4. The molecule has 34 heavy (non-hydrogen) atoms. The monoisotopic (exact) mass is 497 g/mol. The van der Waals surface area contributed by atoms with E-state index in [4.69, 9.17) is 10.5 Å². The fourth-order valence-corrected chi connectivity index (χ4v) is 5.95. The topological polar surface area (TPSA) is 123 Å². The van der Waals surface area contributed by atoms with E-state index >= 15 is 0 Å². The lowest BCUT2D eigenvalue weighted by Gasteiger charge is -1.98. The number of imidazole rings is 1. The summed E-state index contributed by atoms with van der Waals surface area (Å²) < 4.78 is 0.489. The normalized spacial score (nSPS) is 10.5. The van der Waals surface area contributed by atoms with Gasteiger partial charge in [-0.25, -0.2) is 9.97 Å². The van der Waals surface area contributed by atoms with Crippen LogP contribution in [0.5, 0.6) is 0 Å². The largest absolute Gasteiger partial charge is 0.337 e. The number of rotatable bonds is 1. The molecule has 4 aromatic rings. The van der Waals surface area contributed by atoms with Crippen LogP contribution < -0.4 is 10.9 Å². The molecular formula is C24H11N5O2S3. The van der Waals surface area contributed by atoms with Crippen molar-refractivity contribution in [3.05, 3.63) is 98.7 Å². The van der Waals surface area contributed by atoms with Gasteiger partial charge in [0.25, 0.3) is 0 Å². The zero-order valence-electron chi connectivity index (χ0n) is 17.1. The van der Waals surface area contributed by atoms with Gasteiger partial charge in [0, 0.05) is 16.2 Å². The van der Waals surface area contributed by atoms with E-state index < -0.39 is 0 Å². The minimum absolute atomic E-state index is 0.164. The van der Waals surface area contributed by atoms with Gasteiger partial charge in [-0.3, -0.25) is 9.59 Å². The molecule has 2 aromatic heterocycles. The van der Waals surface area contributed by atoms with Gasteiger partial charge in [0.2, 0.25) is 10.9 Å². The van der Waals surface area contributed by atoms with Crippen molar-refractivity contribution in [1.82, 2.24) is 15.0 Å². The predicted molar refractivity (Wildman–Crippen MR) is 134 cm³/mol. The van der Waals surface area contributed by atoms with Crippen molar-refractivity contribution in [2.24, 2.45) is 0 Å². The number of fused-ring (bicyclic) bond motifs is 2. The number of aromatic amines is 1. The SMILES string of the molecule is N#Cc1sc2c(=O)c3ccccc3c(=O)c=2sc1C#N.c1ccc2[nH]c(-c3cscn3)nc2c1. The number of H-pyrrole nitrogens is 1. The molecule has 0 saturated carbocycles. The van der Waals surface area contributed by atoms with Gasteiger partial charge in [-0.05, 0) is 12.1 Å². The molecule has 0 bridgehead atoms. The molecule has 1 aliphatic carbocycles. The second kappa shape index (κ2) is 8.96. The second-order valence-electron chi connectivity index (χ2n) is 6.92. The van der Waals surface area contributed by atoms with E-state index in [0.717, 1.165) is 45.2 Å². The van der Waals surface area contributed by atoms with Gasteiger partial charge in [0.1, 0.15) is 27.6 Å². The van der Waals surface area contributed by atoms with Crippen LogP contribution in [0.1, 0.15) is 9.75 Å². The zero-order valence-corrected chi connectivity index (χ0v) is 19.6. The molecule has 0 unspecified atom stereocenters. The molecule has 0 spiro atoms. The number of nitriles is 2. The summed E-state index contributed by atoms with van der Waals surface area (Å²) in [7, 11) is 0. The highest BCUT2D eigenvalue weighted by atomic mass is 32.1. The van der Waals surface area contributed by atoms with Gasteiger partial charge in [0.15, 0.2) is 5.82 Å². The average Bonchev–Trinajstić information content (AvgIpc) is 3.57. The maximum absolute atomic E-state index is 12.4. The van der Waals surface area contributed by atoms with Crippen LogP contribution in [0.4, 0.5) is 0 Å². The summed E-state index contributed by atoms with van der Waals surface area (Å²) in [5.41, 5.74) is 4.22. The number of para-hydroxylation sites is 2. The van der Waals surface area contributed by atoms with Crippen LogP contribution in [0.15, 0.2) is 69.0 Å². The van der Waals surface area contributed by atoms with Gasteiger partial charge in [-0.1, -0.05) is 36.4 Å². The molecule has 3 heterocycles. The number of benzene rings is 2. The van der Waals surface area contributed by atoms with Crippen molar-refractivity contribution in [1.29, 1.82) is 10.5 Å². The summed E-state index contributed by atoms with van der Waals surface area (Å²) in [5, 5.41) is 20.7. The van der Waals surface area contributed by atoms with Gasteiger partial charge in [-0.2, -0.15) is 10.5 Å². The van der Waals surface area contributed by atoms with Crippen molar-refractivity contribution in [2.45, 2.75) is 0 Å². The molecular weight excluding hydrogens is 486 g/mol. The lowest BCUT2D eigenvalue weighted by molar-refractivity contribution is 1.27. The summed E-state index contributed by atoms with van der Waals surface area (Å²) >= 11 is 3.39.